The molecule has 2 heteroatoms. The van der Waals surface area contributed by atoms with E-state index in [9.17, 15) is 0 Å². The molecular formula is C11H26N2. The molecule has 2 nitrogen and oxygen atoms in total. The van der Waals surface area contributed by atoms with Gasteiger partial charge in [-0.1, -0.05) is 6.42 Å². The lowest BCUT2D eigenvalue weighted by atomic mass is 10.1. The minimum Gasteiger partial charge on any atom is -0.311 e. The minimum absolute atomic E-state index is 0. The van der Waals surface area contributed by atoms with Crippen molar-refractivity contribution in [3.63, 3.8) is 0 Å². The van der Waals surface area contributed by atoms with Crippen LogP contribution in [0.1, 0.15) is 41.5 Å². The largest absolute Gasteiger partial charge is 0.311 e. The maximum absolute atomic E-state index is 3.53. The molecule has 0 spiro atoms. The molecule has 0 unspecified atom stereocenters. The van der Waals surface area contributed by atoms with Crippen molar-refractivity contribution >= 4 is 0 Å². The second kappa shape index (κ2) is 4.97. The van der Waals surface area contributed by atoms with Gasteiger partial charge in [0, 0.05) is 20.1 Å². The summed E-state index contributed by atoms with van der Waals surface area (Å²) in [6.45, 7) is 11.6. The van der Waals surface area contributed by atoms with E-state index in [1.165, 1.54) is 38.9 Å². The molecule has 1 aliphatic rings. The Morgan fingerprint density at radius 1 is 1.15 bits per heavy atom. The van der Waals surface area contributed by atoms with Gasteiger partial charge < -0.3 is 10.2 Å². The quantitative estimate of drug-likeness (QED) is 0.726. The van der Waals surface area contributed by atoms with Crippen LogP contribution in [-0.4, -0.2) is 36.6 Å². The molecule has 13 heavy (non-hydrogen) atoms. The molecule has 0 amide bonds. The first-order valence-electron chi connectivity index (χ1n) is 5.55. The van der Waals surface area contributed by atoms with E-state index >= 15 is 0 Å². The molecule has 0 radical (unpaired) electrons. The number of piperidine rings is 1. The maximum atomic E-state index is 3.53. The monoisotopic (exact) mass is 186 g/mol. The van der Waals surface area contributed by atoms with E-state index in [1.807, 2.05) is 0 Å². The van der Waals surface area contributed by atoms with Crippen molar-refractivity contribution < 1.29 is 1.43 Å². The SMILES string of the molecule is CC(C)(C)NCCN1CCCCC1.[HH]. The standard InChI is InChI=1S/C11H24N2.H2/c1-11(2,3)12-7-10-13-8-5-4-6-9-13;/h12H,4-10H2,1-3H3;1H. The smallest absolute Gasteiger partial charge is 0.0107 e. The molecule has 1 fully saturated rings. The van der Waals surface area contributed by atoms with Crippen molar-refractivity contribution in [1.29, 1.82) is 0 Å². The zero-order valence-electron chi connectivity index (χ0n) is 9.40. The van der Waals surface area contributed by atoms with Crippen LogP contribution in [0.15, 0.2) is 0 Å². The van der Waals surface area contributed by atoms with Crippen LogP contribution in [0, 0.1) is 0 Å². The molecule has 1 heterocycles. The third-order valence-corrected chi connectivity index (χ3v) is 2.53. The average molecular weight is 186 g/mol. The van der Waals surface area contributed by atoms with Crippen LogP contribution in [-0.2, 0) is 0 Å². The number of nitrogens with zero attached hydrogens (tertiary/aromatic N) is 1. The molecule has 1 N–H and O–H groups in total. The van der Waals surface area contributed by atoms with Crippen LogP contribution in [0.5, 0.6) is 0 Å². The molecule has 1 saturated heterocycles. The van der Waals surface area contributed by atoms with E-state index in [1.54, 1.807) is 0 Å². The number of hydrogen-bond acceptors (Lipinski definition) is 2. The fourth-order valence-corrected chi connectivity index (χ4v) is 1.77. The lowest BCUT2D eigenvalue weighted by Crippen LogP contribution is -2.42. The van der Waals surface area contributed by atoms with Gasteiger partial charge in [0.2, 0.25) is 0 Å². The summed E-state index contributed by atoms with van der Waals surface area (Å²) in [5.41, 5.74) is 0.274. The molecule has 1 rings (SSSR count). The third-order valence-electron chi connectivity index (χ3n) is 2.53. The molecule has 0 saturated carbocycles. The number of nitrogens with one attached hydrogen (secondary N) is 1. The maximum Gasteiger partial charge on any atom is 0.0107 e. The number of rotatable bonds is 3. The molecule has 0 aromatic carbocycles. The summed E-state index contributed by atoms with van der Waals surface area (Å²) in [6, 6.07) is 0. The summed E-state index contributed by atoms with van der Waals surface area (Å²) < 4.78 is 0. The van der Waals surface area contributed by atoms with Gasteiger partial charge in [-0.05, 0) is 46.7 Å². The number of hydrogen-bond donors (Lipinski definition) is 1. The molecule has 0 aromatic rings. The Balaban J connectivity index is 0.00000169. The summed E-state index contributed by atoms with van der Waals surface area (Å²) in [5.74, 6) is 0. The van der Waals surface area contributed by atoms with Gasteiger partial charge in [0.15, 0.2) is 0 Å². The Labute approximate surface area is 84.2 Å². The summed E-state index contributed by atoms with van der Waals surface area (Å²) in [5, 5.41) is 3.53. The topological polar surface area (TPSA) is 15.3 Å². The zero-order chi connectivity index (χ0) is 9.73. The fourth-order valence-electron chi connectivity index (χ4n) is 1.77. The molecule has 0 aliphatic carbocycles. The average Bonchev–Trinajstić information content (AvgIpc) is 2.04. The van der Waals surface area contributed by atoms with Crippen LogP contribution in [0.25, 0.3) is 0 Å². The molecule has 0 aromatic heterocycles. The van der Waals surface area contributed by atoms with Gasteiger partial charge in [-0.25, -0.2) is 0 Å². The van der Waals surface area contributed by atoms with E-state index in [0.717, 1.165) is 6.54 Å². The lowest BCUT2D eigenvalue weighted by molar-refractivity contribution is 0.222. The van der Waals surface area contributed by atoms with Crippen LogP contribution >= 0.6 is 0 Å². The van der Waals surface area contributed by atoms with E-state index in [4.69, 9.17) is 0 Å². The van der Waals surface area contributed by atoms with Crippen LogP contribution in [0.2, 0.25) is 0 Å². The Bertz CT molecular complexity index is 137. The summed E-state index contributed by atoms with van der Waals surface area (Å²) in [7, 11) is 0. The van der Waals surface area contributed by atoms with E-state index in [2.05, 4.69) is 31.0 Å². The second-order valence-electron chi connectivity index (χ2n) is 5.08. The van der Waals surface area contributed by atoms with E-state index in [0.29, 0.717) is 0 Å². The Hall–Kier alpha value is -0.0800. The highest BCUT2D eigenvalue weighted by molar-refractivity contribution is 4.72. The van der Waals surface area contributed by atoms with Crippen LogP contribution in [0.4, 0.5) is 0 Å². The van der Waals surface area contributed by atoms with Crippen molar-refractivity contribution in [3.05, 3.63) is 0 Å². The van der Waals surface area contributed by atoms with Gasteiger partial charge in [0.05, 0.1) is 0 Å². The molecular weight excluding hydrogens is 160 g/mol. The minimum atomic E-state index is 0. The molecule has 0 atom stereocenters. The van der Waals surface area contributed by atoms with Crippen LogP contribution < -0.4 is 5.32 Å². The Kier molecular flexibility index (Phi) is 4.20. The molecule has 0 bridgehead atoms. The highest BCUT2D eigenvalue weighted by Crippen LogP contribution is 2.07. The van der Waals surface area contributed by atoms with Gasteiger partial charge in [-0.15, -0.1) is 0 Å². The van der Waals surface area contributed by atoms with Gasteiger partial charge >= 0.3 is 0 Å². The second-order valence-corrected chi connectivity index (χ2v) is 5.08. The Morgan fingerprint density at radius 2 is 1.77 bits per heavy atom. The highest BCUT2D eigenvalue weighted by Gasteiger charge is 2.11. The summed E-state index contributed by atoms with van der Waals surface area (Å²) >= 11 is 0. The third kappa shape index (κ3) is 5.27. The van der Waals surface area contributed by atoms with Crippen molar-refractivity contribution in [2.24, 2.45) is 0 Å². The predicted octanol–water partition coefficient (Wildman–Crippen LogP) is 2.11. The van der Waals surface area contributed by atoms with Crippen molar-refractivity contribution in [1.82, 2.24) is 10.2 Å². The van der Waals surface area contributed by atoms with Crippen LogP contribution in [0.3, 0.4) is 0 Å². The van der Waals surface area contributed by atoms with E-state index in [-0.39, 0.29) is 6.97 Å². The fraction of sp³-hybridized carbons (Fsp3) is 1.00. The Morgan fingerprint density at radius 3 is 2.31 bits per heavy atom. The van der Waals surface area contributed by atoms with Gasteiger partial charge in [-0.2, -0.15) is 0 Å². The van der Waals surface area contributed by atoms with Gasteiger partial charge in [0.1, 0.15) is 0 Å². The first-order chi connectivity index (χ1) is 6.08. The first-order valence-corrected chi connectivity index (χ1v) is 5.55. The summed E-state index contributed by atoms with van der Waals surface area (Å²) in [4.78, 5) is 2.57. The molecule has 80 valence electrons. The normalized spacial score (nSPS) is 20.5. The number of likely N-dealkylation sites (tertiary alicyclic amines) is 1. The lowest BCUT2D eigenvalue weighted by Gasteiger charge is -2.28. The molecule has 1 aliphatic heterocycles. The first kappa shape index (κ1) is 11.0. The van der Waals surface area contributed by atoms with Crippen molar-refractivity contribution in [3.8, 4) is 0 Å². The van der Waals surface area contributed by atoms with E-state index < -0.39 is 0 Å². The van der Waals surface area contributed by atoms with Crippen molar-refractivity contribution in [2.45, 2.75) is 45.6 Å². The predicted molar refractivity (Wildman–Crippen MR) is 60.2 cm³/mol. The zero-order valence-corrected chi connectivity index (χ0v) is 9.40. The van der Waals surface area contributed by atoms with Crippen molar-refractivity contribution in [2.75, 3.05) is 26.2 Å². The highest BCUT2D eigenvalue weighted by atomic mass is 15.1. The van der Waals surface area contributed by atoms with Gasteiger partial charge in [-0.3, -0.25) is 0 Å². The van der Waals surface area contributed by atoms with Gasteiger partial charge in [0.25, 0.3) is 0 Å². The summed E-state index contributed by atoms with van der Waals surface area (Å²) in [6.07, 6.45) is 4.23.